The second-order valence-electron chi connectivity index (χ2n) is 10.9. The van der Waals surface area contributed by atoms with E-state index in [9.17, 15) is 9.59 Å². The molecule has 2 aliphatic rings. The Balaban J connectivity index is 1.19. The van der Waals surface area contributed by atoms with Gasteiger partial charge in [-0.2, -0.15) is 4.98 Å². The van der Waals surface area contributed by atoms with Gasteiger partial charge in [-0.15, -0.1) is 5.10 Å². The first-order chi connectivity index (χ1) is 18.9. The van der Waals surface area contributed by atoms with Gasteiger partial charge in [0.2, 0.25) is 11.9 Å². The van der Waals surface area contributed by atoms with Crippen molar-refractivity contribution in [3.63, 3.8) is 0 Å². The number of rotatable bonds is 5. The lowest BCUT2D eigenvalue weighted by Crippen LogP contribution is -2.31. The summed E-state index contributed by atoms with van der Waals surface area (Å²) in [5, 5.41) is 11.4. The monoisotopic (exact) mass is 518 g/mol. The Morgan fingerprint density at radius 2 is 1.85 bits per heavy atom. The average molecular weight is 519 g/mol. The molecule has 0 bridgehead atoms. The first kappa shape index (κ1) is 23.6. The van der Waals surface area contributed by atoms with Crippen molar-refractivity contribution in [3.05, 3.63) is 83.2 Å². The van der Waals surface area contributed by atoms with Crippen LogP contribution in [-0.2, 0) is 18.3 Å². The maximum atomic E-state index is 13.6. The molecule has 3 heterocycles. The van der Waals surface area contributed by atoms with E-state index in [1.165, 1.54) is 16.7 Å². The fraction of sp³-hybridized carbons (Fsp3) is 0.290. The molecule has 3 aromatic heterocycles. The van der Waals surface area contributed by atoms with Gasteiger partial charge in [0.1, 0.15) is 0 Å². The van der Waals surface area contributed by atoms with Gasteiger partial charge in [-0.05, 0) is 85.5 Å². The molecule has 0 radical (unpaired) electrons. The predicted molar refractivity (Wildman–Crippen MR) is 151 cm³/mol. The molecule has 0 aliphatic heterocycles. The Kier molecular flexibility index (Phi) is 5.50. The van der Waals surface area contributed by atoms with Crippen molar-refractivity contribution in [2.75, 3.05) is 5.32 Å². The third kappa shape index (κ3) is 4.35. The molecule has 1 atom stereocenters. The Bertz CT molecular complexity index is 1780. The lowest BCUT2D eigenvalue weighted by molar-refractivity contribution is -0.117. The molecule has 2 aromatic carbocycles. The zero-order valence-corrected chi connectivity index (χ0v) is 22.1. The first-order valence-corrected chi connectivity index (χ1v) is 13.6. The van der Waals surface area contributed by atoms with Crippen molar-refractivity contribution in [1.29, 1.82) is 0 Å². The number of nitrogens with one attached hydrogen (secondary N) is 2. The molecule has 0 saturated heterocycles. The predicted octanol–water partition coefficient (Wildman–Crippen LogP) is 5.35. The van der Waals surface area contributed by atoms with Crippen LogP contribution in [-0.4, -0.2) is 31.0 Å². The minimum Gasteiger partial charge on any atom is -0.350 e. The summed E-state index contributed by atoms with van der Waals surface area (Å²) in [6.07, 6.45) is 8.69. The van der Waals surface area contributed by atoms with Crippen molar-refractivity contribution in [3.8, 4) is 11.1 Å². The molecule has 0 unspecified atom stereocenters. The number of nitrogens with zero attached hydrogens (tertiary/aromatic N) is 4. The van der Waals surface area contributed by atoms with E-state index in [0.717, 1.165) is 54.1 Å². The summed E-state index contributed by atoms with van der Waals surface area (Å²) in [6.45, 7) is 2.10. The number of aryl methyl sites for hydroxylation is 3. The molecule has 8 nitrogen and oxygen atoms in total. The van der Waals surface area contributed by atoms with Gasteiger partial charge in [0, 0.05) is 36.3 Å². The molecule has 2 N–H and O–H groups in total. The molecule has 7 rings (SSSR count). The lowest BCUT2D eigenvalue weighted by atomic mass is 9.86. The quantitative estimate of drug-likeness (QED) is 0.328. The molecule has 2 aliphatic carbocycles. The highest BCUT2D eigenvalue weighted by molar-refractivity contribution is 6.08. The third-order valence-electron chi connectivity index (χ3n) is 8.01. The highest BCUT2D eigenvalue weighted by atomic mass is 16.2. The lowest BCUT2D eigenvalue weighted by Gasteiger charge is -2.27. The molecule has 2 amide bonds. The molecule has 8 heteroatoms. The molecule has 1 fully saturated rings. The van der Waals surface area contributed by atoms with Gasteiger partial charge in [-0.25, -0.2) is 4.52 Å². The zero-order chi connectivity index (χ0) is 26.7. The van der Waals surface area contributed by atoms with Crippen molar-refractivity contribution >= 4 is 34.3 Å². The number of amides is 2. The standard InChI is InChI=1S/C31H30N6O2/c1-18-6-7-19-4-3-5-26(23(19)14-18)32-30(39)25-17-36(2)27-11-10-21(15-24(25)27)22-12-13-37-28(16-22)33-31(35-37)34-29(38)20-8-9-20/h6-7,10-17,20,26H,3-5,8-9H2,1-2H3,(H,32,39)(H,34,35,38)/t26-/m0/s1. The van der Waals surface area contributed by atoms with E-state index in [-0.39, 0.29) is 23.8 Å². The molecule has 39 heavy (non-hydrogen) atoms. The highest BCUT2D eigenvalue weighted by Crippen LogP contribution is 2.33. The van der Waals surface area contributed by atoms with Gasteiger partial charge in [-0.1, -0.05) is 29.8 Å². The highest BCUT2D eigenvalue weighted by Gasteiger charge is 2.30. The largest absolute Gasteiger partial charge is 0.350 e. The molecular formula is C31H30N6O2. The minimum atomic E-state index is -0.0546. The van der Waals surface area contributed by atoms with Crippen molar-refractivity contribution in [1.82, 2.24) is 24.5 Å². The smallest absolute Gasteiger partial charge is 0.253 e. The number of fused-ring (bicyclic) bond motifs is 3. The average Bonchev–Trinajstić information content (AvgIpc) is 3.63. The van der Waals surface area contributed by atoms with Gasteiger partial charge < -0.3 is 9.88 Å². The SMILES string of the molecule is Cc1ccc2c(c1)[C@@H](NC(=O)c1cn(C)c3ccc(-c4ccn5nc(NC(=O)C6CC6)nc5c4)cc13)CCC2. The van der Waals surface area contributed by atoms with Gasteiger partial charge in [0.25, 0.3) is 5.91 Å². The summed E-state index contributed by atoms with van der Waals surface area (Å²) >= 11 is 0. The Morgan fingerprint density at radius 1 is 1.00 bits per heavy atom. The molecule has 0 spiro atoms. The summed E-state index contributed by atoms with van der Waals surface area (Å²) in [5.41, 5.74) is 8.04. The maximum absolute atomic E-state index is 13.6. The number of hydrogen-bond acceptors (Lipinski definition) is 4. The van der Waals surface area contributed by atoms with Crippen LogP contribution in [0.15, 0.2) is 60.9 Å². The number of aromatic nitrogens is 4. The van der Waals surface area contributed by atoms with Crippen LogP contribution in [0.4, 0.5) is 5.95 Å². The van der Waals surface area contributed by atoms with Crippen LogP contribution >= 0.6 is 0 Å². The van der Waals surface area contributed by atoms with Gasteiger partial charge >= 0.3 is 0 Å². The third-order valence-corrected chi connectivity index (χ3v) is 8.01. The van der Waals surface area contributed by atoms with Gasteiger partial charge in [0.05, 0.1) is 11.6 Å². The summed E-state index contributed by atoms with van der Waals surface area (Å²) in [6, 6.07) is 16.7. The summed E-state index contributed by atoms with van der Waals surface area (Å²) in [7, 11) is 1.97. The zero-order valence-electron chi connectivity index (χ0n) is 22.1. The number of benzene rings is 2. The molecule has 1 saturated carbocycles. The summed E-state index contributed by atoms with van der Waals surface area (Å²) in [4.78, 5) is 30.2. The number of carbonyl (C=O) groups excluding carboxylic acids is 2. The van der Waals surface area contributed by atoms with Crippen LogP contribution in [0, 0.1) is 12.8 Å². The minimum absolute atomic E-state index is 0.0154. The fourth-order valence-corrected chi connectivity index (χ4v) is 5.73. The van der Waals surface area contributed by atoms with Crippen LogP contribution < -0.4 is 10.6 Å². The second-order valence-corrected chi connectivity index (χ2v) is 10.9. The Labute approximate surface area is 226 Å². The molecule has 5 aromatic rings. The van der Waals surface area contributed by atoms with Gasteiger partial charge in [0.15, 0.2) is 5.65 Å². The van der Waals surface area contributed by atoms with Crippen molar-refractivity contribution in [2.45, 2.75) is 45.1 Å². The Morgan fingerprint density at radius 3 is 2.69 bits per heavy atom. The van der Waals surface area contributed by atoms with E-state index in [4.69, 9.17) is 0 Å². The number of anilines is 1. The second kappa shape index (κ2) is 9.08. The summed E-state index contributed by atoms with van der Waals surface area (Å²) in [5.74, 6) is 0.341. The number of hydrogen-bond donors (Lipinski definition) is 2. The van der Waals surface area contributed by atoms with E-state index in [1.54, 1.807) is 4.52 Å². The topological polar surface area (TPSA) is 93.3 Å². The van der Waals surface area contributed by atoms with Crippen LogP contribution in [0.1, 0.15) is 58.8 Å². The number of carbonyl (C=O) groups is 2. The van der Waals surface area contributed by atoms with Crippen molar-refractivity contribution < 1.29 is 9.59 Å². The van der Waals surface area contributed by atoms with E-state index in [1.807, 2.05) is 36.1 Å². The Hall–Kier alpha value is -4.46. The van der Waals surface area contributed by atoms with Crippen LogP contribution in [0.2, 0.25) is 0 Å². The molecule has 196 valence electrons. The summed E-state index contributed by atoms with van der Waals surface area (Å²) < 4.78 is 3.67. The van der Waals surface area contributed by atoms with Crippen LogP contribution in [0.3, 0.4) is 0 Å². The fourth-order valence-electron chi connectivity index (χ4n) is 5.73. The number of pyridine rings is 1. The van der Waals surface area contributed by atoms with E-state index < -0.39 is 0 Å². The first-order valence-electron chi connectivity index (χ1n) is 13.6. The van der Waals surface area contributed by atoms with E-state index in [2.05, 4.69) is 64.0 Å². The van der Waals surface area contributed by atoms with E-state index in [0.29, 0.717) is 17.2 Å². The normalized spacial score (nSPS) is 16.8. The maximum Gasteiger partial charge on any atom is 0.253 e. The van der Waals surface area contributed by atoms with Crippen LogP contribution in [0.25, 0.3) is 27.7 Å². The van der Waals surface area contributed by atoms with E-state index >= 15 is 0 Å². The van der Waals surface area contributed by atoms with Crippen LogP contribution in [0.5, 0.6) is 0 Å². The van der Waals surface area contributed by atoms with Crippen molar-refractivity contribution in [2.24, 2.45) is 13.0 Å². The van der Waals surface area contributed by atoms with Gasteiger partial charge in [-0.3, -0.25) is 14.9 Å². The molecular weight excluding hydrogens is 488 g/mol.